The largest absolute Gasteiger partial charge is 0.423 e. The summed E-state index contributed by atoms with van der Waals surface area (Å²) in [6, 6.07) is 5.03. The highest BCUT2D eigenvalue weighted by molar-refractivity contribution is 5.83. The van der Waals surface area contributed by atoms with Gasteiger partial charge in [0.25, 0.3) is 11.7 Å². The number of hydrogen-bond donors (Lipinski definition) is 1. The summed E-state index contributed by atoms with van der Waals surface area (Å²) in [7, 11) is 1.70. The summed E-state index contributed by atoms with van der Waals surface area (Å²) in [5.41, 5.74) is 0.924. The van der Waals surface area contributed by atoms with Crippen LogP contribution in [0, 0.1) is 15.5 Å². The van der Waals surface area contributed by atoms with Crippen LogP contribution in [0.15, 0.2) is 22.6 Å². The Balaban J connectivity index is 1.73. The number of hydrogen-bond acceptors (Lipinski definition) is 6. The molecule has 0 saturated heterocycles. The van der Waals surface area contributed by atoms with E-state index >= 15 is 0 Å². The minimum absolute atomic E-state index is 0.0372. The van der Waals surface area contributed by atoms with Crippen LogP contribution in [0.1, 0.15) is 19.3 Å². The van der Waals surface area contributed by atoms with Gasteiger partial charge in [-0.05, 0) is 30.7 Å². The van der Waals surface area contributed by atoms with Crippen LogP contribution >= 0.6 is 0 Å². The number of nitro benzene ring substituents is 1. The van der Waals surface area contributed by atoms with Crippen LogP contribution in [-0.4, -0.2) is 30.2 Å². The molecule has 0 atom stereocenters. The van der Waals surface area contributed by atoms with Crippen LogP contribution in [0.5, 0.6) is 0 Å². The predicted molar refractivity (Wildman–Crippen MR) is 77.3 cm³/mol. The molecule has 112 valence electrons. The molecule has 1 aliphatic carbocycles. The van der Waals surface area contributed by atoms with Crippen molar-refractivity contribution in [3.05, 3.63) is 28.3 Å². The normalized spacial score (nSPS) is 16.0. The SMILES string of the molecule is COCCC1(CNc2nc3c([N+](=O)[O-])cccc3o2)CC1. The molecule has 0 bridgehead atoms. The second-order valence-corrected chi connectivity index (χ2v) is 5.50. The van der Waals surface area contributed by atoms with Gasteiger partial charge in [0, 0.05) is 26.3 Å². The maximum atomic E-state index is 11.0. The number of para-hydroxylation sites is 1. The molecule has 0 unspecified atom stereocenters. The summed E-state index contributed by atoms with van der Waals surface area (Å²) in [5, 5.41) is 14.1. The van der Waals surface area contributed by atoms with E-state index in [1.807, 2.05) is 0 Å². The monoisotopic (exact) mass is 291 g/mol. The minimum Gasteiger partial charge on any atom is -0.423 e. The van der Waals surface area contributed by atoms with E-state index in [0.29, 0.717) is 11.6 Å². The zero-order chi connectivity index (χ0) is 14.9. The highest BCUT2D eigenvalue weighted by Gasteiger charge is 2.42. The van der Waals surface area contributed by atoms with E-state index in [9.17, 15) is 10.1 Å². The second-order valence-electron chi connectivity index (χ2n) is 5.50. The third-order valence-electron chi connectivity index (χ3n) is 4.00. The summed E-state index contributed by atoms with van der Waals surface area (Å²) in [5.74, 6) is 0. The molecule has 0 spiro atoms. The number of nitrogens with zero attached hydrogens (tertiary/aromatic N) is 2. The highest BCUT2D eigenvalue weighted by Crippen LogP contribution is 2.48. The lowest BCUT2D eigenvalue weighted by Gasteiger charge is -2.14. The lowest BCUT2D eigenvalue weighted by molar-refractivity contribution is -0.383. The Morgan fingerprint density at radius 1 is 1.52 bits per heavy atom. The van der Waals surface area contributed by atoms with E-state index in [1.165, 1.54) is 6.07 Å². The van der Waals surface area contributed by atoms with Gasteiger partial charge in [0.2, 0.25) is 0 Å². The number of nitro groups is 1. The molecule has 1 aromatic carbocycles. The van der Waals surface area contributed by atoms with E-state index in [4.69, 9.17) is 9.15 Å². The number of oxazole rings is 1. The first-order valence-electron chi connectivity index (χ1n) is 6.90. The smallest absolute Gasteiger partial charge is 0.298 e. The predicted octanol–water partition coefficient (Wildman–Crippen LogP) is 2.96. The molecular weight excluding hydrogens is 274 g/mol. The molecule has 1 saturated carbocycles. The van der Waals surface area contributed by atoms with Gasteiger partial charge in [0.1, 0.15) is 0 Å². The number of non-ortho nitro benzene ring substituents is 1. The van der Waals surface area contributed by atoms with Gasteiger partial charge in [-0.2, -0.15) is 4.98 Å². The molecule has 1 fully saturated rings. The third kappa shape index (κ3) is 2.82. The zero-order valence-electron chi connectivity index (χ0n) is 11.8. The molecule has 0 radical (unpaired) electrons. The quantitative estimate of drug-likeness (QED) is 0.623. The Labute approximate surface area is 121 Å². The Bertz CT molecular complexity index is 663. The first kappa shape index (κ1) is 13.8. The van der Waals surface area contributed by atoms with Crippen molar-refractivity contribution in [2.24, 2.45) is 5.41 Å². The standard InChI is InChI=1S/C14H17N3O4/c1-20-8-7-14(5-6-14)9-15-13-16-12-10(17(18)19)3-2-4-11(12)21-13/h2-4H,5-9H2,1H3,(H,15,16). The van der Waals surface area contributed by atoms with Crippen molar-refractivity contribution < 1.29 is 14.1 Å². The molecule has 1 heterocycles. The van der Waals surface area contributed by atoms with E-state index in [0.717, 1.165) is 32.4 Å². The summed E-state index contributed by atoms with van der Waals surface area (Å²) in [6.07, 6.45) is 3.31. The third-order valence-corrected chi connectivity index (χ3v) is 4.00. The summed E-state index contributed by atoms with van der Waals surface area (Å²) >= 11 is 0. The molecule has 0 aliphatic heterocycles. The lowest BCUT2D eigenvalue weighted by Crippen LogP contribution is -2.17. The van der Waals surface area contributed by atoms with Gasteiger partial charge in [-0.25, -0.2) is 0 Å². The number of anilines is 1. The van der Waals surface area contributed by atoms with Gasteiger partial charge in [0.05, 0.1) is 4.92 Å². The number of aromatic nitrogens is 1. The van der Waals surface area contributed by atoms with Crippen LogP contribution < -0.4 is 5.32 Å². The number of benzene rings is 1. The molecule has 7 heteroatoms. The van der Waals surface area contributed by atoms with Gasteiger partial charge in [-0.3, -0.25) is 10.1 Å². The van der Waals surface area contributed by atoms with Gasteiger partial charge >= 0.3 is 0 Å². The van der Waals surface area contributed by atoms with E-state index in [2.05, 4.69) is 10.3 Å². The first-order chi connectivity index (χ1) is 10.1. The van der Waals surface area contributed by atoms with E-state index < -0.39 is 4.92 Å². The Morgan fingerprint density at radius 3 is 3.00 bits per heavy atom. The Morgan fingerprint density at radius 2 is 2.33 bits per heavy atom. The second kappa shape index (κ2) is 5.33. The van der Waals surface area contributed by atoms with Crippen molar-refractivity contribution >= 4 is 22.8 Å². The van der Waals surface area contributed by atoms with Crippen molar-refractivity contribution in [1.29, 1.82) is 0 Å². The van der Waals surface area contributed by atoms with Crippen molar-refractivity contribution in [2.45, 2.75) is 19.3 Å². The van der Waals surface area contributed by atoms with Gasteiger partial charge in [0.15, 0.2) is 11.1 Å². The number of methoxy groups -OCH3 is 1. The van der Waals surface area contributed by atoms with Crippen molar-refractivity contribution in [3.63, 3.8) is 0 Å². The average Bonchev–Trinajstić information content (AvgIpc) is 3.12. The number of nitrogens with one attached hydrogen (secondary N) is 1. The van der Waals surface area contributed by atoms with Crippen LogP contribution in [0.3, 0.4) is 0 Å². The molecule has 21 heavy (non-hydrogen) atoms. The fourth-order valence-electron chi connectivity index (χ4n) is 2.43. The molecule has 3 rings (SSSR count). The van der Waals surface area contributed by atoms with Gasteiger partial charge in [-0.15, -0.1) is 0 Å². The maximum Gasteiger partial charge on any atom is 0.298 e. The minimum atomic E-state index is -0.449. The molecule has 0 amide bonds. The van der Waals surface area contributed by atoms with Gasteiger partial charge < -0.3 is 14.5 Å². The number of rotatable bonds is 7. The summed E-state index contributed by atoms with van der Waals surface area (Å²) < 4.78 is 10.6. The first-order valence-corrected chi connectivity index (χ1v) is 6.90. The summed E-state index contributed by atoms with van der Waals surface area (Å²) in [4.78, 5) is 14.7. The number of ether oxygens (including phenoxy) is 1. The Kier molecular flexibility index (Phi) is 3.50. The average molecular weight is 291 g/mol. The fraction of sp³-hybridized carbons (Fsp3) is 0.500. The van der Waals surface area contributed by atoms with Crippen LogP contribution in [-0.2, 0) is 4.74 Å². The van der Waals surface area contributed by atoms with E-state index in [-0.39, 0.29) is 16.6 Å². The van der Waals surface area contributed by atoms with Crippen LogP contribution in [0.2, 0.25) is 0 Å². The van der Waals surface area contributed by atoms with E-state index in [1.54, 1.807) is 19.2 Å². The molecule has 1 aliphatic rings. The molecule has 7 nitrogen and oxygen atoms in total. The van der Waals surface area contributed by atoms with Crippen LogP contribution in [0.25, 0.3) is 11.1 Å². The Hall–Kier alpha value is -2.15. The fourth-order valence-corrected chi connectivity index (χ4v) is 2.43. The highest BCUT2D eigenvalue weighted by atomic mass is 16.6. The topological polar surface area (TPSA) is 90.4 Å². The van der Waals surface area contributed by atoms with Crippen LogP contribution in [0.4, 0.5) is 11.7 Å². The molecule has 1 aromatic heterocycles. The van der Waals surface area contributed by atoms with Crippen molar-refractivity contribution in [2.75, 3.05) is 25.6 Å². The van der Waals surface area contributed by atoms with Gasteiger partial charge in [-0.1, -0.05) is 6.07 Å². The molecular formula is C14H17N3O4. The molecule has 1 N–H and O–H groups in total. The maximum absolute atomic E-state index is 11.0. The zero-order valence-corrected chi connectivity index (χ0v) is 11.8. The summed E-state index contributed by atoms with van der Waals surface area (Å²) in [6.45, 7) is 1.48. The van der Waals surface area contributed by atoms with Crippen molar-refractivity contribution in [1.82, 2.24) is 4.98 Å². The lowest BCUT2D eigenvalue weighted by atomic mass is 10.0. The van der Waals surface area contributed by atoms with Crippen molar-refractivity contribution in [3.8, 4) is 0 Å². The number of fused-ring (bicyclic) bond motifs is 1. The molecule has 2 aromatic rings.